The number of anilines is 1. The van der Waals surface area contributed by atoms with E-state index in [0.29, 0.717) is 17.0 Å². The van der Waals surface area contributed by atoms with Gasteiger partial charge in [-0.2, -0.15) is 0 Å². The predicted molar refractivity (Wildman–Crippen MR) is 129 cm³/mol. The predicted octanol–water partition coefficient (Wildman–Crippen LogP) is 5.81. The van der Waals surface area contributed by atoms with Crippen molar-refractivity contribution in [3.05, 3.63) is 104 Å². The molecule has 1 heterocycles. The number of benzene rings is 3. The van der Waals surface area contributed by atoms with E-state index in [0.717, 1.165) is 26.1 Å². The molecule has 0 aliphatic carbocycles. The normalized spacial score (nSPS) is 15.2. The molecule has 0 saturated carbocycles. The maximum Gasteiger partial charge on any atom is 0.335 e. The van der Waals surface area contributed by atoms with Crippen LogP contribution in [0.2, 0.25) is 5.02 Å². The van der Waals surface area contributed by atoms with Crippen LogP contribution in [-0.2, 0) is 16.0 Å². The van der Waals surface area contributed by atoms with Gasteiger partial charge in [0, 0.05) is 9.50 Å². The van der Waals surface area contributed by atoms with Gasteiger partial charge in [0.15, 0.2) is 0 Å². The molecule has 1 fully saturated rings. The third-order valence-corrected chi connectivity index (χ3v) is 6.11. The Balaban J connectivity index is 1.75. The second-order valence-electron chi connectivity index (χ2n) is 7.54. The van der Waals surface area contributed by atoms with E-state index < -0.39 is 17.8 Å². The average Bonchev–Trinajstić information content (AvgIpc) is 2.75. The molecule has 5 nitrogen and oxygen atoms in total. The highest BCUT2D eigenvalue weighted by Gasteiger charge is 2.37. The van der Waals surface area contributed by atoms with Gasteiger partial charge >= 0.3 is 6.03 Å². The van der Waals surface area contributed by atoms with Gasteiger partial charge in [-0.3, -0.25) is 14.9 Å². The van der Waals surface area contributed by atoms with Crippen LogP contribution in [0.3, 0.4) is 0 Å². The smallest absolute Gasteiger partial charge is 0.273 e. The molecule has 3 aromatic carbocycles. The lowest BCUT2D eigenvalue weighted by atomic mass is 9.97. The molecule has 4 rings (SSSR count). The van der Waals surface area contributed by atoms with E-state index in [9.17, 15) is 18.8 Å². The van der Waals surface area contributed by atoms with Crippen LogP contribution in [0.1, 0.15) is 22.3 Å². The third kappa shape index (κ3) is 4.89. The fourth-order valence-electron chi connectivity index (χ4n) is 3.50. The van der Waals surface area contributed by atoms with Crippen molar-refractivity contribution < 1.29 is 18.8 Å². The summed E-state index contributed by atoms with van der Waals surface area (Å²) >= 11 is 9.57. The SMILES string of the molecule is Cc1ccc(N2C(=O)NC(=O)/C(=C\c3cc(Br)ccc3Cc3cccc(F)c3)C2=O)cc1Cl. The number of amides is 4. The minimum absolute atomic E-state index is 0.204. The summed E-state index contributed by atoms with van der Waals surface area (Å²) in [6.45, 7) is 1.80. The van der Waals surface area contributed by atoms with Gasteiger partial charge in [0.25, 0.3) is 11.8 Å². The molecule has 1 aliphatic rings. The van der Waals surface area contributed by atoms with Crippen molar-refractivity contribution in [2.45, 2.75) is 13.3 Å². The number of nitrogens with zero attached hydrogens (tertiary/aromatic N) is 1. The molecule has 0 radical (unpaired) electrons. The summed E-state index contributed by atoms with van der Waals surface area (Å²) in [6.07, 6.45) is 1.82. The van der Waals surface area contributed by atoms with Crippen LogP contribution in [0.25, 0.3) is 6.08 Å². The number of aryl methyl sites for hydroxylation is 1. The molecule has 33 heavy (non-hydrogen) atoms. The number of hydrogen-bond donors (Lipinski definition) is 1. The Morgan fingerprint density at radius 1 is 1.06 bits per heavy atom. The highest BCUT2D eigenvalue weighted by molar-refractivity contribution is 9.10. The van der Waals surface area contributed by atoms with Crippen molar-refractivity contribution in [2.75, 3.05) is 4.90 Å². The van der Waals surface area contributed by atoms with Crippen LogP contribution in [0.5, 0.6) is 0 Å². The number of halogens is 3. The Hall–Kier alpha value is -3.29. The summed E-state index contributed by atoms with van der Waals surface area (Å²) in [7, 11) is 0. The van der Waals surface area contributed by atoms with Gasteiger partial charge in [0.2, 0.25) is 0 Å². The first-order chi connectivity index (χ1) is 15.7. The first-order valence-corrected chi connectivity index (χ1v) is 11.1. The summed E-state index contributed by atoms with van der Waals surface area (Å²) in [4.78, 5) is 39.1. The van der Waals surface area contributed by atoms with Crippen LogP contribution in [0.4, 0.5) is 14.9 Å². The number of rotatable bonds is 4. The van der Waals surface area contributed by atoms with E-state index in [1.54, 1.807) is 37.3 Å². The largest absolute Gasteiger partial charge is 0.335 e. The van der Waals surface area contributed by atoms with E-state index in [1.165, 1.54) is 24.3 Å². The molecule has 1 N–H and O–H groups in total. The maximum absolute atomic E-state index is 13.6. The summed E-state index contributed by atoms with van der Waals surface area (Å²) in [6, 6.07) is 15.5. The van der Waals surface area contributed by atoms with Crippen LogP contribution >= 0.6 is 27.5 Å². The van der Waals surface area contributed by atoms with Crippen molar-refractivity contribution >= 4 is 57.1 Å². The Kier molecular flexibility index (Phi) is 6.44. The minimum Gasteiger partial charge on any atom is -0.273 e. The molecule has 0 spiro atoms. The molecule has 0 bridgehead atoms. The van der Waals surface area contributed by atoms with Gasteiger partial charge in [-0.1, -0.05) is 51.8 Å². The van der Waals surface area contributed by atoms with E-state index in [-0.39, 0.29) is 17.1 Å². The average molecular weight is 528 g/mol. The zero-order valence-electron chi connectivity index (χ0n) is 17.4. The van der Waals surface area contributed by atoms with Crippen molar-refractivity contribution in [1.29, 1.82) is 0 Å². The quantitative estimate of drug-likeness (QED) is 0.344. The van der Waals surface area contributed by atoms with E-state index in [1.807, 2.05) is 12.1 Å². The van der Waals surface area contributed by atoms with Crippen molar-refractivity contribution in [3.8, 4) is 0 Å². The number of urea groups is 1. The minimum atomic E-state index is -0.851. The topological polar surface area (TPSA) is 66.5 Å². The van der Waals surface area contributed by atoms with Crippen molar-refractivity contribution in [3.63, 3.8) is 0 Å². The first-order valence-electron chi connectivity index (χ1n) is 9.93. The van der Waals surface area contributed by atoms with Crippen LogP contribution in [0, 0.1) is 12.7 Å². The van der Waals surface area contributed by atoms with Crippen molar-refractivity contribution in [1.82, 2.24) is 5.32 Å². The zero-order chi connectivity index (χ0) is 23.7. The van der Waals surface area contributed by atoms with Crippen LogP contribution in [0.15, 0.2) is 70.7 Å². The standard InChI is InChI=1S/C25H17BrClFN2O3/c1-14-5-8-20(13-22(14)27)30-24(32)21(23(31)29-25(30)33)12-17-11-18(26)7-6-16(17)9-15-3-2-4-19(28)10-15/h2-8,10-13H,9H2,1H3,(H,29,31,33)/b21-12+. The summed E-state index contributed by atoms with van der Waals surface area (Å²) in [5, 5.41) is 2.60. The van der Waals surface area contributed by atoms with E-state index in [4.69, 9.17) is 11.6 Å². The Morgan fingerprint density at radius 2 is 1.85 bits per heavy atom. The molecule has 0 atom stereocenters. The summed E-state index contributed by atoms with van der Waals surface area (Å²) < 4.78 is 14.4. The van der Waals surface area contributed by atoms with E-state index >= 15 is 0 Å². The summed E-state index contributed by atoms with van der Waals surface area (Å²) in [5.74, 6) is -1.91. The molecular weight excluding hydrogens is 511 g/mol. The number of carbonyl (C=O) groups excluding carboxylic acids is 3. The Labute approximate surface area is 203 Å². The fraction of sp³-hybridized carbons (Fsp3) is 0.0800. The first kappa shape index (κ1) is 22.9. The molecule has 0 aromatic heterocycles. The van der Waals surface area contributed by atoms with Gasteiger partial charge in [-0.05, 0) is 78.1 Å². The number of hydrogen-bond acceptors (Lipinski definition) is 3. The second kappa shape index (κ2) is 9.29. The second-order valence-corrected chi connectivity index (χ2v) is 8.86. The fourth-order valence-corrected chi connectivity index (χ4v) is 4.05. The van der Waals surface area contributed by atoms with Crippen LogP contribution < -0.4 is 10.2 Å². The lowest BCUT2D eigenvalue weighted by Crippen LogP contribution is -2.54. The van der Waals surface area contributed by atoms with E-state index in [2.05, 4.69) is 21.2 Å². The molecule has 1 saturated heterocycles. The third-order valence-electron chi connectivity index (χ3n) is 5.21. The lowest BCUT2D eigenvalue weighted by Gasteiger charge is -2.26. The molecule has 3 aromatic rings. The number of imide groups is 2. The molecule has 8 heteroatoms. The molecule has 4 amide bonds. The molecule has 166 valence electrons. The highest BCUT2D eigenvalue weighted by Crippen LogP contribution is 2.28. The van der Waals surface area contributed by atoms with Gasteiger partial charge in [-0.25, -0.2) is 14.1 Å². The van der Waals surface area contributed by atoms with Crippen LogP contribution in [-0.4, -0.2) is 17.8 Å². The van der Waals surface area contributed by atoms with Gasteiger partial charge < -0.3 is 0 Å². The molecular formula is C25H17BrClFN2O3. The highest BCUT2D eigenvalue weighted by atomic mass is 79.9. The summed E-state index contributed by atoms with van der Waals surface area (Å²) in [5.41, 5.74) is 2.93. The zero-order valence-corrected chi connectivity index (χ0v) is 19.7. The Morgan fingerprint density at radius 3 is 2.58 bits per heavy atom. The monoisotopic (exact) mass is 526 g/mol. The van der Waals surface area contributed by atoms with Crippen molar-refractivity contribution in [2.24, 2.45) is 0 Å². The molecule has 1 aliphatic heterocycles. The van der Waals surface area contributed by atoms with Gasteiger partial charge in [0.05, 0.1) is 5.69 Å². The number of barbiturate groups is 1. The Bertz CT molecular complexity index is 1340. The number of nitrogens with one attached hydrogen (secondary N) is 1. The van der Waals surface area contributed by atoms with Gasteiger partial charge in [-0.15, -0.1) is 0 Å². The van der Waals surface area contributed by atoms with Gasteiger partial charge in [0.1, 0.15) is 11.4 Å². The molecule has 0 unspecified atom stereocenters. The lowest BCUT2D eigenvalue weighted by molar-refractivity contribution is -0.122. The maximum atomic E-state index is 13.6. The number of carbonyl (C=O) groups is 3.